The zero-order chi connectivity index (χ0) is 32.0. The molecule has 1 atom stereocenters. The van der Waals surface area contributed by atoms with Crippen molar-refractivity contribution in [3.8, 4) is 28.7 Å². The fourth-order valence-electron chi connectivity index (χ4n) is 5.81. The van der Waals surface area contributed by atoms with Gasteiger partial charge in [-0.25, -0.2) is 9.79 Å². The summed E-state index contributed by atoms with van der Waals surface area (Å²) in [5.41, 5.74) is 5.00. The number of ether oxygens (including phenoxy) is 5. The summed E-state index contributed by atoms with van der Waals surface area (Å²) in [6, 6.07) is 12.5. The molecular weight excluding hydrogens is 594 g/mol. The summed E-state index contributed by atoms with van der Waals surface area (Å²) in [5.74, 6) is 1.96. The topological polar surface area (TPSA) is 103 Å². The van der Waals surface area contributed by atoms with Crippen molar-refractivity contribution in [2.75, 3.05) is 20.5 Å². The zero-order valence-corrected chi connectivity index (χ0v) is 27.1. The van der Waals surface area contributed by atoms with E-state index in [-0.39, 0.29) is 25.1 Å². The Morgan fingerprint density at radius 2 is 1.87 bits per heavy atom. The minimum atomic E-state index is -0.773. The van der Waals surface area contributed by atoms with Gasteiger partial charge in [0.15, 0.2) is 27.8 Å². The standard InChI is InChI=1S/C34H35N3O7S/c1-8-41-33(39)30-20(5)35-34-37(31(30)22-9-11-26(44-18(2)3)27(14-22)40-7)32(38)29(45-34)15-23-13-19(4)36(21(23)6)24-10-12-25-28(16-24)43-17-42-25/h9-16,18,31H,8,17H2,1-7H3/b29-15-/t31-/m1/s1. The molecule has 2 aromatic carbocycles. The van der Waals surface area contributed by atoms with E-state index in [4.69, 9.17) is 28.7 Å². The van der Waals surface area contributed by atoms with Crippen molar-refractivity contribution in [2.24, 2.45) is 4.99 Å². The van der Waals surface area contributed by atoms with Gasteiger partial charge in [0.2, 0.25) is 6.79 Å². The molecule has 0 saturated carbocycles. The van der Waals surface area contributed by atoms with Crippen molar-refractivity contribution in [1.82, 2.24) is 9.13 Å². The molecule has 4 heterocycles. The van der Waals surface area contributed by atoms with Crippen molar-refractivity contribution < 1.29 is 28.5 Å². The van der Waals surface area contributed by atoms with Crippen LogP contribution in [-0.4, -0.2) is 41.7 Å². The molecule has 2 aliphatic rings. The van der Waals surface area contributed by atoms with Gasteiger partial charge < -0.3 is 28.3 Å². The van der Waals surface area contributed by atoms with Crippen molar-refractivity contribution >= 4 is 23.4 Å². The van der Waals surface area contributed by atoms with Crippen molar-refractivity contribution in [1.29, 1.82) is 0 Å². The average molecular weight is 630 g/mol. The van der Waals surface area contributed by atoms with Gasteiger partial charge >= 0.3 is 5.97 Å². The largest absolute Gasteiger partial charge is 0.493 e. The molecule has 11 heteroatoms. The fraction of sp³-hybridized carbons (Fsp3) is 0.324. The van der Waals surface area contributed by atoms with Gasteiger partial charge in [0.25, 0.3) is 5.56 Å². The summed E-state index contributed by atoms with van der Waals surface area (Å²) < 4.78 is 32.3. The smallest absolute Gasteiger partial charge is 0.338 e. The van der Waals surface area contributed by atoms with Gasteiger partial charge in [-0.2, -0.15) is 0 Å². The Labute approximate surface area is 264 Å². The van der Waals surface area contributed by atoms with Gasteiger partial charge in [0.1, 0.15) is 0 Å². The molecule has 2 aromatic heterocycles. The molecular formula is C34H35N3O7S. The van der Waals surface area contributed by atoms with Crippen LogP contribution < -0.4 is 33.8 Å². The van der Waals surface area contributed by atoms with E-state index in [9.17, 15) is 9.59 Å². The Kier molecular flexibility index (Phi) is 8.05. The lowest BCUT2D eigenvalue weighted by atomic mass is 9.95. The second-order valence-electron chi connectivity index (χ2n) is 11.1. The third-order valence-corrected chi connectivity index (χ3v) is 8.74. The Morgan fingerprint density at radius 3 is 2.60 bits per heavy atom. The second kappa shape index (κ2) is 12.0. The van der Waals surface area contributed by atoms with E-state index < -0.39 is 12.0 Å². The monoisotopic (exact) mass is 629 g/mol. The Balaban J connectivity index is 1.49. The molecule has 0 N–H and O–H groups in total. The summed E-state index contributed by atoms with van der Waals surface area (Å²) >= 11 is 1.28. The molecule has 0 spiro atoms. The third-order valence-electron chi connectivity index (χ3n) is 7.75. The van der Waals surface area contributed by atoms with E-state index >= 15 is 0 Å². The van der Waals surface area contributed by atoms with Gasteiger partial charge in [-0.3, -0.25) is 9.36 Å². The zero-order valence-electron chi connectivity index (χ0n) is 26.3. The minimum Gasteiger partial charge on any atom is -0.493 e. The van der Waals surface area contributed by atoms with Crippen LogP contribution in [0.3, 0.4) is 0 Å². The number of aromatic nitrogens is 2. The molecule has 0 radical (unpaired) electrons. The first-order chi connectivity index (χ1) is 21.6. The number of carbonyl (C=O) groups is 1. The lowest BCUT2D eigenvalue weighted by Crippen LogP contribution is -2.40. The number of allylic oxidation sites excluding steroid dienone is 1. The molecule has 0 fully saturated rings. The van der Waals surface area contributed by atoms with Gasteiger partial charge in [0, 0.05) is 23.1 Å². The molecule has 4 aromatic rings. The van der Waals surface area contributed by atoms with Crippen LogP contribution in [0.1, 0.15) is 56.3 Å². The molecule has 0 saturated heterocycles. The molecule has 0 bridgehead atoms. The first-order valence-electron chi connectivity index (χ1n) is 14.7. The molecule has 0 unspecified atom stereocenters. The predicted molar refractivity (Wildman–Crippen MR) is 171 cm³/mol. The SMILES string of the molecule is CCOC(=O)C1=C(C)N=c2s/c(=C\c3cc(C)n(-c4ccc5c(c4)OCO5)c3C)c(=O)n2[C@@H]1c1ccc(OC(C)C)c(OC)c1. The maximum atomic E-state index is 14.2. The number of benzene rings is 2. The highest BCUT2D eigenvalue weighted by molar-refractivity contribution is 7.07. The Morgan fingerprint density at radius 1 is 1.09 bits per heavy atom. The van der Waals surface area contributed by atoms with Crippen LogP contribution in [0.15, 0.2) is 63.5 Å². The number of thiazole rings is 1. The lowest BCUT2D eigenvalue weighted by Gasteiger charge is -2.25. The van der Waals surface area contributed by atoms with E-state index in [1.807, 2.05) is 64.1 Å². The molecule has 0 aliphatic carbocycles. The molecule has 234 valence electrons. The van der Waals surface area contributed by atoms with E-state index in [0.29, 0.717) is 49.2 Å². The quantitative estimate of drug-likeness (QED) is 0.260. The average Bonchev–Trinajstić information content (AvgIpc) is 3.67. The second-order valence-corrected chi connectivity index (χ2v) is 12.1. The van der Waals surface area contributed by atoms with Crippen molar-refractivity contribution in [3.63, 3.8) is 0 Å². The van der Waals surface area contributed by atoms with Crippen LogP contribution in [0.5, 0.6) is 23.0 Å². The number of hydrogen-bond donors (Lipinski definition) is 0. The van der Waals surface area contributed by atoms with Crippen molar-refractivity contribution in [3.05, 3.63) is 95.9 Å². The van der Waals surface area contributed by atoms with Gasteiger partial charge in [0.05, 0.1) is 41.7 Å². The van der Waals surface area contributed by atoms with E-state index in [1.54, 1.807) is 37.7 Å². The van der Waals surface area contributed by atoms with Crippen LogP contribution in [0, 0.1) is 13.8 Å². The van der Waals surface area contributed by atoms with Gasteiger partial charge in [-0.1, -0.05) is 17.4 Å². The number of carbonyl (C=O) groups excluding carboxylic acids is 1. The van der Waals surface area contributed by atoms with Crippen LogP contribution in [-0.2, 0) is 9.53 Å². The highest BCUT2D eigenvalue weighted by atomic mass is 32.1. The summed E-state index contributed by atoms with van der Waals surface area (Å²) in [5, 5.41) is 0. The number of rotatable bonds is 8. The van der Waals surface area contributed by atoms with Crippen LogP contribution in [0.25, 0.3) is 11.8 Å². The fourth-order valence-corrected chi connectivity index (χ4v) is 6.85. The van der Waals surface area contributed by atoms with Crippen LogP contribution in [0.2, 0.25) is 0 Å². The number of hydrogen-bond acceptors (Lipinski definition) is 9. The first kappa shape index (κ1) is 30.3. The van der Waals surface area contributed by atoms with E-state index in [1.165, 1.54) is 11.3 Å². The summed E-state index contributed by atoms with van der Waals surface area (Å²) in [4.78, 5) is 32.8. The van der Waals surface area contributed by atoms with Gasteiger partial charge in [-0.05, 0) is 89.1 Å². The maximum absolute atomic E-state index is 14.2. The Bertz CT molecular complexity index is 2030. The maximum Gasteiger partial charge on any atom is 0.338 e. The van der Waals surface area contributed by atoms with Crippen LogP contribution in [0.4, 0.5) is 0 Å². The molecule has 0 amide bonds. The highest BCUT2D eigenvalue weighted by Gasteiger charge is 2.34. The highest BCUT2D eigenvalue weighted by Crippen LogP contribution is 2.37. The Hall–Kier alpha value is -4.77. The number of fused-ring (bicyclic) bond motifs is 2. The molecule has 10 nitrogen and oxygen atoms in total. The summed E-state index contributed by atoms with van der Waals surface area (Å²) in [6.45, 7) is 11.8. The molecule has 2 aliphatic heterocycles. The lowest BCUT2D eigenvalue weighted by molar-refractivity contribution is -0.139. The summed E-state index contributed by atoms with van der Waals surface area (Å²) in [7, 11) is 1.56. The number of aryl methyl sites for hydroxylation is 1. The molecule has 45 heavy (non-hydrogen) atoms. The minimum absolute atomic E-state index is 0.0633. The normalized spacial score (nSPS) is 15.7. The number of esters is 1. The first-order valence-corrected chi connectivity index (χ1v) is 15.6. The summed E-state index contributed by atoms with van der Waals surface area (Å²) in [6.07, 6.45) is 1.82. The van der Waals surface area contributed by atoms with E-state index in [2.05, 4.69) is 4.57 Å². The van der Waals surface area contributed by atoms with Crippen LogP contribution >= 0.6 is 11.3 Å². The predicted octanol–water partition coefficient (Wildman–Crippen LogP) is 4.73. The van der Waals surface area contributed by atoms with Gasteiger partial charge in [-0.15, -0.1) is 0 Å². The molecule has 6 rings (SSSR count). The number of methoxy groups -OCH3 is 1. The van der Waals surface area contributed by atoms with Crippen molar-refractivity contribution in [2.45, 2.75) is 53.7 Å². The van der Waals surface area contributed by atoms with E-state index in [0.717, 1.165) is 22.6 Å². The number of nitrogens with zero attached hydrogens (tertiary/aromatic N) is 3. The third kappa shape index (κ3) is 5.41.